The highest BCUT2D eigenvalue weighted by molar-refractivity contribution is 8.01. The molecule has 0 bridgehead atoms. The molecule has 0 radical (unpaired) electrons. The first-order chi connectivity index (χ1) is 10.7. The summed E-state index contributed by atoms with van der Waals surface area (Å²) < 4.78 is 0.973. The van der Waals surface area contributed by atoms with Crippen molar-refractivity contribution in [1.29, 1.82) is 0 Å². The Morgan fingerprint density at radius 1 is 1.50 bits per heavy atom. The van der Waals surface area contributed by atoms with E-state index in [0.717, 1.165) is 32.0 Å². The van der Waals surface area contributed by atoms with Gasteiger partial charge in [0.05, 0.1) is 6.61 Å². The van der Waals surface area contributed by atoms with Crippen LogP contribution in [-0.2, 0) is 11.4 Å². The van der Waals surface area contributed by atoms with Crippen molar-refractivity contribution in [3.63, 3.8) is 0 Å². The van der Waals surface area contributed by atoms with E-state index in [9.17, 15) is 4.79 Å². The number of thiophene rings is 1. The number of nitrogens with one attached hydrogen (secondary N) is 1. The lowest BCUT2D eigenvalue weighted by atomic mass is 10.3. The molecule has 0 aliphatic heterocycles. The van der Waals surface area contributed by atoms with E-state index in [1.807, 2.05) is 18.4 Å². The fourth-order valence-electron chi connectivity index (χ4n) is 1.56. The molecule has 8 heteroatoms. The molecule has 2 N–H and O–H groups in total. The number of aryl methyl sites for hydroxylation is 1. The van der Waals surface area contributed by atoms with Gasteiger partial charge in [0.25, 0.3) is 0 Å². The van der Waals surface area contributed by atoms with Crippen molar-refractivity contribution in [2.75, 3.05) is 12.3 Å². The number of carbonyl (C=O) groups is 1. The number of aliphatic hydroxyl groups excluding tert-OH is 1. The van der Waals surface area contributed by atoms with Gasteiger partial charge in [-0.3, -0.25) is 4.79 Å². The van der Waals surface area contributed by atoms with Crippen LogP contribution < -0.4 is 5.32 Å². The summed E-state index contributed by atoms with van der Waals surface area (Å²) in [5, 5.41) is 22.7. The summed E-state index contributed by atoms with van der Waals surface area (Å²) in [7, 11) is 0. The van der Waals surface area contributed by atoms with Crippen molar-refractivity contribution < 1.29 is 9.90 Å². The van der Waals surface area contributed by atoms with E-state index in [1.54, 1.807) is 29.2 Å². The Bertz CT molecular complexity index is 637. The van der Waals surface area contributed by atoms with E-state index < -0.39 is 0 Å². The standard InChI is InChI=1S/C14H17N3O2S3/c1-10-16-17-14(22-10)20-6-2-5-15-13(19)4-3-12-7-11(8-18)9-21-12/h3-4,7,9,18H,2,5-6,8H2,1H3,(H,15,19)/b4-3+. The number of thioether (sulfide) groups is 1. The SMILES string of the molecule is Cc1nnc(SCCCNC(=O)/C=C/c2cc(CO)cs2)s1. The molecule has 0 aliphatic carbocycles. The Kier molecular flexibility index (Phi) is 7.04. The lowest BCUT2D eigenvalue weighted by Gasteiger charge is -2.00. The molecule has 118 valence electrons. The van der Waals surface area contributed by atoms with Crippen molar-refractivity contribution in [3.05, 3.63) is 33.0 Å². The van der Waals surface area contributed by atoms with Crippen LogP contribution in [0.3, 0.4) is 0 Å². The Hall–Kier alpha value is -1.22. The highest BCUT2D eigenvalue weighted by Crippen LogP contribution is 2.22. The second-order valence-corrected chi connectivity index (χ2v) is 7.90. The van der Waals surface area contributed by atoms with Crippen LogP contribution in [0.5, 0.6) is 0 Å². The van der Waals surface area contributed by atoms with Crippen molar-refractivity contribution in [2.24, 2.45) is 0 Å². The first-order valence-electron chi connectivity index (χ1n) is 6.74. The van der Waals surface area contributed by atoms with Gasteiger partial charge in [0.1, 0.15) is 5.01 Å². The Labute approximate surface area is 141 Å². The topological polar surface area (TPSA) is 75.1 Å². The smallest absolute Gasteiger partial charge is 0.244 e. The van der Waals surface area contributed by atoms with Crippen molar-refractivity contribution in [2.45, 2.75) is 24.3 Å². The van der Waals surface area contributed by atoms with Crippen molar-refractivity contribution >= 4 is 46.4 Å². The van der Waals surface area contributed by atoms with Gasteiger partial charge in [0.2, 0.25) is 5.91 Å². The Balaban J connectivity index is 1.61. The normalized spacial score (nSPS) is 11.2. The first-order valence-corrected chi connectivity index (χ1v) is 9.42. The second kappa shape index (κ2) is 9.04. The summed E-state index contributed by atoms with van der Waals surface area (Å²) in [6.45, 7) is 2.61. The van der Waals surface area contributed by atoms with Crippen LogP contribution >= 0.6 is 34.4 Å². The number of aromatic nitrogens is 2. The van der Waals surface area contributed by atoms with E-state index in [2.05, 4.69) is 15.5 Å². The lowest BCUT2D eigenvalue weighted by Crippen LogP contribution is -2.22. The molecule has 0 saturated heterocycles. The van der Waals surface area contributed by atoms with E-state index in [0.29, 0.717) is 6.54 Å². The van der Waals surface area contributed by atoms with Crippen LogP contribution in [0.4, 0.5) is 0 Å². The zero-order valence-corrected chi connectivity index (χ0v) is 14.6. The number of amides is 1. The molecular weight excluding hydrogens is 338 g/mol. The maximum absolute atomic E-state index is 11.7. The fourth-order valence-corrected chi connectivity index (χ4v) is 4.18. The van der Waals surface area contributed by atoms with Crippen LogP contribution in [0.15, 0.2) is 21.9 Å². The Morgan fingerprint density at radius 3 is 3.05 bits per heavy atom. The third-order valence-electron chi connectivity index (χ3n) is 2.61. The van der Waals surface area contributed by atoms with Crippen molar-refractivity contribution in [1.82, 2.24) is 15.5 Å². The van der Waals surface area contributed by atoms with Crippen LogP contribution in [0.1, 0.15) is 21.9 Å². The number of hydrogen-bond acceptors (Lipinski definition) is 7. The van der Waals surface area contributed by atoms with Gasteiger partial charge in [-0.25, -0.2) is 0 Å². The highest BCUT2D eigenvalue weighted by Gasteiger charge is 2.01. The minimum Gasteiger partial charge on any atom is -0.392 e. The van der Waals surface area contributed by atoms with E-state index in [-0.39, 0.29) is 12.5 Å². The van der Waals surface area contributed by atoms with E-state index in [4.69, 9.17) is 5.11 Å². The van der Waals surface area contributed by atoms with Crippen molar-refractivity contribution in [3.8, 4) is 0 Å². The number of aliphatic hydroxyl groups is 1. The monoisotopic (exact) mass is 355 g/mol. The zero-order chi connectivity index (χ0) is 15.8. The molecule has 5 nitrogen and oxygen atoms in total. The maximum Gasteiger partial charge on any atom is 0.244 e. The second-order valence-electron chi connectivity index (χ2n) is 4.43. The molecular formula is C14H17N3O2S3. The molecule has 0 aromatic carbocycles. The van der Waals surface area contributed by atoms with Gasteiger partial charge in [0.15, 0.2) is 4.34 Å². The molecule has 0 saturated carbocycles. The molecule has 2 aromatic rings. The van der Waals surface area contributed by atoms with E-state index in [1.165, 1.54) is 17.4 Å². The predicted octanol–water partition coefficient (Wildman–Crippen LogP) is 2.71. The van der Waals surface area contributed by atoms with Gasteiger partial charge in [-0.2, -0.15) is 0 Å². The molecule has 2 heterocycles. The minimum absolute atomic E-state index is 0.0301. The molecule has 2 aromatic heterocycles. The van der Waals surface area contributed by atoms with Gasteiger partial charge in [-0.05, 0) is 36.4 Å². The predicted molar refractivity (Wildman–Crippen MR) is 92.3 cm³/mol. The quantitative estimate of drug-likeness (QED) is 0.433. The Morgan fingerprint density at radius 2 is 2.36 bits per heavy atom. The zero-order valence-electron chi connectivity index (χ0n) is 12.1. The molecule has 0 aliphatic rings. The summed E-state index contributed by atoms with van der Waals surface area (Å²) >= 11 is 4.76. The van der Waals surface area contributed by atoms with Crippen LogP contribution in [0.2, 0.25) is 0 Å². The molecule has 2 rings (SSSR count). The van der Waals surface area contributed by atoms with Crippen LogP contribution in [0.25, 0.3) is 6.08 Å². The molecule has 0 spiro atoms. The number of rotatable bonds is 8. The summed E-state index contributed by atoms with van der Waals surface area (Å²) in [5.74, 6) is 0.805. The first kappa shape index (κ1) is 17.1. The summed E-state index contributed by atoms with van der Waals surface area (Å²) in [6, 6.07) is 1.87. The van der Waals surface area contributed by atoms with Crippen LogP contribution in [0, 0.1) is 6.92 Å². The van der Waals surface area contributed by atoms with Gasteiger partial charge >= 0.3 is 0 Å². The maximum atomic E-state index is 11.7. The van der Waals surface area contributed by atoms with E-state index >= 15 is 0 Å². The summed E-state index contributed by atoms with van der Waals surface area (Å²) in [6.07, 6.45) is 4.17. The van der Waals surface area contributed by atoms with Gasteiger partial charge in [-0.1, -0.05) is 23.1 Å². The average Bonchev–Trinajstić information content (AvgIpc) is 3.13. The number of hydrogen-bond donors (Lipinski definition) is 2. The summed E-state index contributed by atoms with van der Waals surface area (Å²) in [5.41, 5.74) is 0.869. The largest absolute Gasteiger partial charge is 0.392 e. The molecule has 22 heavy (non-hydrogen) atoms. The molecule has 1 amide bonds. The van der Waals surface area contributed by atoms with Gasteiger partial charge < -0.3 is 10.4 Å². The third kappa shape index (κ3) is 5.88. The molecule has 0 fully saturated rings. The third-order valence-corrected chi connectivity index (χ3v) is 5.61. The molecule has 0 unspecified atom stereocenters. The fraction of sp³-hybridized carbons (Fsp3) is 0.357. The van der Waals surface area contributed by atoms with Gasteiger partial charge in [0, 0.05) is 23.3 Å². The highest BCUT2D eigenvalue weighted by atomic mass is 32.2. The van der Waals surface area contributed by atoms with Crippen LogP contribution in [-0.4, -0.2) is 33.5 Å². The minimum atomic E-state index is -0.101. The molecule has 0 atom stereocenters. The van der Waals surface area contributed by atoms with Gasteiger partial charge in [-0.15, -0.1) is 21.5 Å². The summed E-state index contributed by atoms with van der Waals surface area (Å²) in [4.78, 5) is 12.6. The average molecular weight is 356 g/mol. The number of nitrogens with zero attached hydrogens (tertiary/aromatic N) is 2. The lowest BCUT2D eigenvalue weighted by molar-refractivity contribution is -0.116. The number of carbonyl (C=O) groups excluding carboxylic acids is 1.